The number of carboxylic acid groups (broad SMARTS) is 1. The third-order valence-corrected chi connectivity index (χ3v) is 6.86. The normalized spacial score (nSPS) is 21.1. The van der Waals surface area contributed by atoms with Crippen LogP contribution in [0.5, 0.6) is 5.75 Å². The number of hydrogen-bond donors (Lipinski definition) is 1. The molecule has 2 aliphatic rings. The smallest absolute Gasteiger partial charge is 0.416 e. The second kappa shape index (κ2) is 9.62. The average Bonchev–Trinajstić information content (AvgIpc) is 3.18. The van der Waals surface area contributed by atoms with Crippen LogP contribution < -0.4 is 4.74 Å². The highest BCUT2D eigenvalue weighted by Gasteiger charge is 2.54. The molecule has 2 aliphatic heterocycles. The van der Waals surface area contributed by atoms with Gasteiger partial charge in [-0.15, -0.1) is 0 Å². The first-order valence-corrected chi connectivity index (χ1v) is 11.7. The Kier molecular flexibility index (Phi) is 6.23. The molecule has 7 heteroatoms. The fourth-order valence-corrected chi connectivity index (χ4v) is 5.34. The van der Waals surface area contributed by atoms with Crippen molar-refractivity contribution in [3.05, 3.63) is 102 Å². The Morgan fingerprint density at radius 2 is 1.34 bits per heavy atom. The quantitative estimate of drug-likeness (QED) is 0.606. The maximum Gasteiger partial charge on any atom is 0.416 e. The number of benzene rings is 3. The number of fused-ring (bicyclic) bond motifs is 2. The van der Waals surface area contributed by atoms with E-state index in [0.29, 0.717) is 18.6 Å². The zero-order valence-electron chi connectivity index (χ0n) is 19.1. The van der Waals surface area contributed by atoms with Gasteiger partial charge in [-0.05, 0) is 36.1 Å². The molecule has 1 N–H and O–H groups in total. The van der Waals surface area contributed by atoms with Crippen LogP contribution in [0.3, 0.4) is 0 Å². The summed E-state index contributed by atoms with van der Waals surface area (Å²) in [4.78, 5) is 42.5. The number of piperazine rings is 1. The molecule has 7 nitrogen and oxygen atoms in total. The molecule has 178 valence electrons. The lowest BCUT2D eigenvalue weighted by Gasteiger charge is -2.45. The second-order valence-corrected chi connectivity index (χ2v) is 8.91. The molecule has 2 amide bonds. The van der Waals surface area contributed by atoms with E-state index in [1.807, 2.05) is 60.7 Å². The number of aliphatic carboxylic acids is 1. The number of likely N-dealkylation sites (tertiary alicyclic amines) is 1. The molecular formula is C28H26N2O5. The number of nitrogens with zero attached hydrogens (tertiary/aromatic N) is 2. The summed E-state index contributed by atoms with van der Waals surface area (Å²) in [6.45, 7) is 0.112. The van der Waals surface area contributed by atoms with E-state index in [1.54, 1.807) is 35.2 Å². The first kappa shape index (κ1) is 22.7. The standard InChI is InChI=1S/C28H26N2O5/c31-26(24(19-10-4-1-5-11-19)20-12-6-2-7-13-20)30-21-16-17-23(30)25(27(32)33)29(18-21)28(34)35-22-14-8-3-9-15-22/h1-15,21,23-25H,16-18H2,(H,32,33)/t21-,23-,25+/m1/s1. The van der Waals surface area contributed by atoms with Crippen LogP contribution >= 0.6 is 0 Å². The summed E-state index contributed by atoms with van der Waals surface area (Å²) in [7, 11) is 0. The van der Waals surface area contributed by atoms with Gasteiger partial charge < -0.3 is 14.7 Å². The van der Waals surface area contributed by atoms with Gasteiger partial charge in [-0.2, -0.15) is 0 Å². The molecule has 0 aromatic heterocycles. The van der Waals surface area contributed by atoms with E-state index in [1.165, 1.54) is 4.90 Å². The number of hydrogen-bond acceptors (Lipinski definition) is 4. The van der Waals surface area contributed by atoms with E-state index >= 15 is 0 Å². The van der Waals surface area contributed by atoms with Gasteiger partial charge in [0.25, 0.3) is 0 Å². The van der Waals surface area contributed by atoms with Crippen LogP contribution in [0.1, 0.15) is 29.9 Å². The number of rotatable bonds is 5. The van der Waals surface area contributed by atoms with Crippen molar-refractivity contribution in [3.63, 3.8) is 0 Å². The zero-order valence-corrected chi connectivity index (χ0v) is 19.1. The van der Waals surface area contributed by atoms with Gasteiger partial charge in [-0.25, -0.2) is 9.59 Å². The average molecular weight is 471 g/mol. The summed E-state index contributed by atoms with van der Waals surface area (Å²) >= 11 is 0. The van der Waals surface area contributed by atoms with Gasteiger partial charge in [-0.3, -0.25) is 9.69 Å². The van der Waals surface area contributed by atoms with Crippen molar-refractivity contribution < 1.29 is 24.2 Å². The molecule has 2 heterocycles. The summed E-state index contributed by atoms with van der Waals surface area (Å²) in [6, 6.07) is 25.5. The number of para-hydroxylation sites is 1. The molecule has 3 aromatic carbocycles. The van der Waals surface area contributed by atoms with Crippen molar-refractivity contribution >= 4 is 18.0 Å². The Bertz CT molecular complexity index is 1160. The maximum absolute atomic E-state index is 14.1. The molecule has 0 spiro atoms. The fraction of sp³-hybridized carbons (Fsp3) is 0.250. The van der Waals surface area contributed by atoms with Gasteiger partial charge in [0.15, 0.2) is 6.04 Å². The SMILES string of the molecule is O=C(O)[C@@H]1[C@H]2CC[C@H](CN1C(=O)Oc1ccccc1)N2C(=O)C(c1ccccc1)c1ccccc1. The Morgan fingerprint density at radius 1 is 0.800 bits per heavy atom. The summed E-state index contributed by atoms with van der Waals surface area (Å²) in [5.41, 5.74) is 1.70. The van der Waals surface area contributed by atoms with Crippen LogP contribution in [0.2, 0.25) is 0 Å². The van der Waals surface area contributed by atoms with E-state index in [9.17, 15) is 19.5 Å². The maximum atomic E-state index is 14.1. The molecule has 3 atom stereocenters. The van der Waals surface area contributed by atoms with E-state index in [4.69, 9.17) is 4.74 Å². The number of carbonyl (C=O) groups is 3. The Hall–Kier alpha value is -4.13. The number of amides is 2. The second-order valence-electron chi connectivity index (χ2n) is 8.91. The first-order valence-electron chi connectivity index (χ1n) is 11.7. The van der Waals surface area contributed by atoms with Crippen LogP contribution in [0, 0.1) is 0 Å². The minimum Gasteiger partial charge on any atom is -0.480 e. The third-order valence-electron chi connectivity index (χ3n) is 6.86. The van der Waals surface area contributed by atoms with Crippen molar-refractivity contribution in [1.82, 2.24) is 9.80 Å². The lowest BCUT2D eigenvalue weighted by atomic mass is 9.88. The highest BCUT2D eigenvalue weighted by molar-refractivity contribution is 5.90. The van der Waals surface area contributed by atoms with Crippen molar-refractivity contribution in [2.45, 2.75) is 36.9 Å². The molecule has 5 rings (SSSR count). The largest absolute Gasteiger partial charge is 0.480 e. The van der Waals surface area contributed by atoms with Crippen LogP contribution in [-0.2, 0) is 9.59 Å². The lowest BCUT2D eigenvalue weighted by molar-refractivity contribution is -0.152. The number of carboxylic acids is 1. The van der Waals surface area contributed by atoms with E-state index in [-0.39, 0.29) is 18.5 Å². The predicted molar refractivity (Wildman–Crippen MR) is 129 cm³/mol. The zero-order chi connectivity index (χ0) is 24.4. The van der Waals surface area contributed by atoms with Gasteiger partial charge in [0, 0.05) is 12.6 Å². The van der Waals surface area contributed by atoms with E-state index in [0.717, 1.165) is 11.1 Å². The minimum atomic E-state index is -1.18. The molecule has 0 saturated carbocycles. The molecule has 3 aromatic rings. The number of carbonyl (C=O) groups excluding carboxylic acids is 2. The highest BCUT2D eigenvalue weighted by Crippen LogP contribution is 2.39. The first-order chi connectivity index (χ1) is 17.0. The molecule has 35 heavy (non-hydrogen) atoms. The van der Waals surface area contributed by atoms with Crippen LogP contribution in [0.25, 0.3) is 0 Å². The molecule has 0 aliphatic carbocycles. The fourth-order valence-electron chi connectivity index (χ4n) is 5.34. The summed E-state index contributed by atoms with van der Waals surface area (Å²) in [6.07, 6.45) is 0.431. The van der Waals surface area contributed by atoms with Gasteiger partial charge in [0.05, 0.1) is 12.0 Å². The third kappa shape index (κ3) is 4.37. The molecule has 0 unspecified atom stereocenters. The summed E-state index contributed by atoms with van der Waals surface area (Å²) < 4.78 is 5.46. The van der Waals surface area contributed by atoms with Crippen molar-refractivity contribution in [2.24, 2.45) is 0 Å². The van der Waals surface area contributed by atoms with Gasteiger partial charge >= 0.3 is 12.1 Å². The predicted octanol–water partition coefficient (Wildman–Crippen LogP) is 4.15. The number of ether oxygens (including phenoxy) is 1. The monoisotopic (exact) mass is 470 g/mol. The van der Waals surface area contributed by atoms with Gasteiger partial charge in [0.2, 0.25) is 5.91 Å². The summed E-state index contributed by atoms with van der Waals surface area (Å²) in [5, 5.41) is 10.1. The molecule has 2 fully saturated rings. The van der Waals surface area contributed by atoms with Crippen molar-refractivity contribution in [1.29, 1.82) is 0 Å². The molecule has 2 bridgehead atoms. The molecule has 0 radical (unpaired) electrons. The minimum absolute atomic E-state index is 0.112. The Balaban J connectivity index is 1.46. The molecular weight excluding hydrogens is 444 g/mol. The lowest BCUT2D eigenvalue weighted by Crippen LogP contribution is -2.65. The van der Waals surface area contributed by atoms with Gasteiger partial charge in [0.1, 0.15) is 5.75 Å². The van der Waals surface area contributed by atoms with Crippen LogP contribution in [0.15, 0.2) is 91.0 Å². The Labute approximate surface area is 203 Å². The summed E-state index contributed by atoms with van der Waals surface area (Å²) in [5.74, 6) is -1.50. The topological polar surface area (TPSA) is 87.2 Å². The van der Waals surface area contributed by atoms with Crippen LogP contribution in [-0.4, -0.2) is 57.5 Å². The van der Waals surface area contributed by atoms with E-state index in [2.05, 4.69) is 0 Å². The van der Waals surface area contributed by atoms with Gasteiger partial charge in [-0.1, -0.05) is 78.9 Å². The van der Waals surface area contributed by atoms with Crippen LogP contribution in [0.4, 0.5) is 4.79 Å². The Morgan fingerprint density at radius 3 is 1.89 bits per heavy atom. The van der Waals surface area contributed by atoms with Crippen molar-refractivity contribution in [2.75, 3.05) is 6.54 Å². The van der Waals surface area contributed by atoms with Crippen molar-refractivity contribution in [3.8, 4) is 5.75 Å². The highest BCUT2D eigenvalue weighted by atomic mass is 16.6. The molecule has 2 saturated heterocycles. The van der Waals surface area contributed by atoms with E-state index < -0.39 is 30.1 Å².